The van der Waals surface area contributed by atoms with Gasteiger partial charge in [0.25, 0.3) is 0 Å². The van der Waals surface area contributed by atoms with Gasteiger partial charge in [-0.1, -0.05) is 18.2 Å². The Hall–Kier alpha value is -2.91. The lowest BCUT2D eigenvalue weighted by Gasteiger charge is -2.16. The number of carbonyl (C=O) groups excluding carboxylic acids is 1. The molecule has 2 aromatic rings. The number of benzene rings is 2. The maximum Gasteiger partial charge on any atom is 0.310 e. The van der Waals surface area contributed by atoms with E-state index in [1.54, 1.807) is 18.2 Å². The van der Waals surface area contributed by atoms with E-state index in [-0.39, 0.29) is 5.97 Å². The van der Waals surface area contributed by atoms with Crippen LogP contribution in [-0.4, -0.2) is 24.7 Å². The zero-order chi connectivity index (χ0) is 18.2. The molecule has 130 valence electrons. The van der Waals surface area contributed by atoms with E-state index in [0.717, 1.165) is 5.56 Å². The molecule has 0 aromatic heterocycles. The smallest absolute Gasteiger partial charge is 0.310 e. The van der Waals surface area contributed by atoms with Crippen LogP contribution in [0, 0.1) is 23.1 Å². The molecule has 2 N–H and O–H groups in total. The third-order valence-corrected chi connectivity index (χ3v) is 3.83. The summed E-state index contributed by atoms with van der Waals surface area (Å²) in [6.07, 6.45) is 0.296. The molecule has 5 nitrogen and oxygen atoms in total. The van der Waals surface area contributed by atoms with Crippen LogP contribution in [-0.2, 0) is 22.5 Å². The first-order chi connectivity index (χ1) is 12.0. The third-order valence-electron chi connectivity index (χ3n) is 3.83. The lowest BCUT2D eigenvalue weighted by molar-refractivity contribution is -0.145. The van der Waals surface area contributed by atoms with Gasteiger partial charge >= 0.3 is 5.97 Å². The zero-order valence-corrected chi connectivity index (χ0v) is 13.8. The fraction of sp³-hybridized carbons (Fsp3) is 0.263. The van der Waals surface area contributed by atoms with Crippen LogP contribution >= 0.6 is 0 Å². The molecule has 0 fully saturated rings. The van der Waals surface area contributed by atoms with Crippen LogP contribution in [0.15, 0.2) is 42.5 Å². The lowest BCUT2D eigenvalue weighted by atomic mass is 9.99. The van der Waals surface area contributed by atoms with Crippen molar-refractivity contribution in [1.29, 1.82) is 5.26 Å². The summed E-state index contributed by atoms with van der Waals surface area (Å²) in [5.41, 5.74) is 2.18. The average molecular weight is 342 g/mol. The predicted octanol–water partition coefficient (Wildman–Crippen LogP) is 2.52. The molecule has 6 heteroatoms. The Bertz CT molecular complexity index is 769. The molecule has 1 atom stereocenters. The second kappa shape index (κ2) is 8.81. The van der Waals surface area contributed by atoms with Gasteiger partial charge in [-0.05, 0) is 41.8 Å². The monoisotopic (exact) mass is 342 g/mol. The van der Waals surface area contributed by atoms with Crippen molar-refractivity contribution < 1.29 is 19.0 Å². The minimum Gasteiger partial charge on any atom is -0.505 e. The quantitative estimate of drug-likeness (QED) is 0.756. The first kappa shape index (κ1) is 18.4. The molecular weight excluding hydrogens is 323 g/mol. The highest BCUT2D eigenvalue weighted by Gasteiger charge is 2.20. The summed E-state index contributed by atoms with van der Waals surface area (Å²) in [6, 6.07) is 13.3. The van der Waals surface area contributed by atoms with Crippen molar-refractivity contribution in [3.8, 4) is 11.8 Å². The molecule has 0 radical (unpaired) electrons. The van der Waals surface area contributed by atoms with Crippen LogP contribution in [0.25, 0.3) is 0 Å². The Morgan fingerprint density at radius 2 is 1.96 bits per heavy atom. The van der Waals surface area contributed by atoms with Crippen molar-refractivity contribution in [1.82, 2.24) is 5.32 Å². The maximum atomic E-state index is 13.4. The van der Waals surface area contributed by atoms with E-state index in [1.165, 1.54) is 19.2 Å². The minimum absolute atomic E-state index is 0.296. The Balaban J connectivity index is 1.96. The number of nitrogens with zero attached hydrogens (tertiary/aromatic N) is 1. The van der Waals surface area contributed by atoms with Gasteiger partial charge in [-0.15, -0.1) is 0 Å². The summed E-state index contributed by atoms with van der Waals surface area (Å²) in [6.45, 7) is 0.887. The second-order valence-corrected chi connectivity index (χ2v) is 5.65. The molecule has 0 spiro atoms. The van der Waals surface area contributed by atoms with Gasteiger partial charge in [0.15, 0.2) is 11.6 Å². The summed E-state index contributed by atoms with van der Waals surface area (Å²) in [7, 11) is 1.31. The van der Waals surface area contributed by atoms with E-state index in [2.05, 4.69) is 11.4 Å². The number of methoxy groups -OCH3 is 1. The number of esters is 1. The average Bonchev–Trinajstić information content (AvgIpc) is 2.63. The van der Waals surface area contributed by atoms with Gasteiger partial charge < -0.3 is 15.2 Å². The largest absolute Gasteiger partial charge is 0.505 e. The molecule has 0 aliphatic carbocycles. The SMILES string of the molecule is COC(=O)C(CNCc1ccc(C#N)cc1)Cc1ccc(O)c(F)c1. The van der Waals surface area contributed by atoms with Crippen LogP contribution in [0.5, 0.6) is 5.75 Å². The number of carbonyl (C=O) groups is 1. The number of aromatic hydroxyl groups is 1. The van der Waals surface area contributed by atoms with Crippen molar-refractivity contribution in [2.45, 2.75) is 13.0 Å². The minimum atomic E-state index is -0.716. The number of rotatable bonds is 7. The van der Waals surface area contributed by atoms with E-state index >= 15 is 0 Å². The Kier molecular flexibility index (Phi) is 6.49. The number of hydrogen-bond acceptors (Lipinski definition) is 5. The van der Waals surface area contributed by atoms with Crippen LogP contribution in [0.2, 0.25) is 0 Å². The van der Waals surface area contributed by atoms with Gasteiger partial charge in [0, 0.05) is 13.1 Å². The van der Waals surface area contributed by atoms with Gasteiger partial charge in [-0.3, -0.25) is 4.79 Å². The van der Waals surface area contributed by atoms with E-state index in [9.17, 15) is 14.3 Å². The summed E-state index contributed by atoms with van der Waals surface area (Å²) in [4.78, 5) is 12.0. The van der Waals surface area contributed by atoms with Crippen molar-refractivity contribution in [3.63, 3.8) is 0 Å². The third kappa shape index (κ3) is 5.30. The highest BCUT2D eigenvalue weighted by molar-refractivity contribution is 5.73. The van der Waals surface area contributed by atoms with Crippen LogP contribution in [0.4, 0.5) is 4.39 Å². The van der Waals surface area contributed by atoms with E-state index in [4.69, 9.17) is 10.00 Å². The number of nitriles is 1. The molecule has 1 unspecified atom stereocenters. The Morgan fingerprint density at radius 3 is 2.56 bits per heavy atom. The molecule has 0 aliphatic heterocycles. The number of phenolic OH excluding ortho intramolecular Hbond substituents is 1. The van der Waals surface area contributed by atoms with Gasteiger partial charge in [0.1, 0.15) is 0 Å². The lowest BCUT2D eigenvalue weighted by Crippen LogP contribution is -2.30. The standard InChI is InChI=1S/C19H19FN2O3/c1-25-19(24)16(8-15-6-7-18(23)17(20)9-15)12-22-11-14-4-2-13(10-21)3-5-14/h2-7,9,16,22-23H,8,11-12H2,1H3. The topological polar surface area (TPSA) is 82.3 Å². The molecule has 0 saturated carbocycles. The van der Waals surface area contributed by atoms with E-state index < -0.39 is 17.5 Å². The van der Waals surface area contributed by atoms with Crippen molar-refractivity contribution in [2.75, 3.05) is 13.7 Å². The number of nitrogens with one attached hydrogen (secondary N) is 1. The van der Waals surface area contributed by atoms with Gasteiger partial charge in [0.05, 0.1) is 24.7 Å². The fourth-order valence-electron chi connectivity index (χ4n) is 2.46. The number of hydrogen-bond donors (Lipinski definition) is 2. The highest BCUT2D eigenvalue weighted by atomic mass is 19.1. The number of phenols is 1. The summed E-state index contributed by atoms with van der Waals surface area (Å²) >= 11 is 0. The first-order valence-electron chi connectivity index (χ1n) is 7.78. The summed E-state index contributed by atoms with van der Waals surface area (Å²) in [5, 5.41) is 21.2. The molecule has 0 saturated heterocycles. The van der Waals surface area contributed by atoms with Crippen LogP contribution < -0.4 is 5.32 Å². The fourth-order valence-corrected chi connectivity index (χ4v) is 2.46. The normalized spacial score (nSPS) is 11.6. The molecule has 25 heavy (non-hydrogen) atoms. The molecule has 2 aromatic carbocycles. The Morgan fingerprint density at radius 1 is 1.28 bits per heavy atom. The second-order valence-electron chi connectivity index (χ2n) is 5.65. The molecule has 0 amide bonds. The summed E-state index contributed by atoms with van der Waals surface area (Å²) in [5.74, 6) is -2.00. The molecular formula is C19H19FN2O3. The zero-order valence-electron chi connectivity index (χ0n) is 13.8. The van der Waals surface area contributed by atoms with E-state index in [0.29, 0.717) is 30.6 Å². The maximum absolute atomic E-state index is 13.4. The Labute approximate surface area is 145 Å². The number of ether oxygens (including phenoxy) is 1. The van der Waals surface area contributed by atoms with Crippen LogP contribution in [0.1, 0.15) is 16.7 Å². The van der Waals surface area contributed by atoms with Crippen molar-refractivity contribution >= 4 is 5.97 Å². The van der Waals surface area contributed by atoms with Gasteiger partial charge in [-0.2, -0.15) is 5.26 Å². The van der Waals surface area contributed by atoms with Gasteiger partial charge in [-0.25, -0.2) is 4.39 Å². The van der Waals surface area contributed by atoms with Crippen LogP contribution in [0.3, 0.4) is 0 Å². The molecule has 0 heterocycles. The van der Waals surface area contributed by atoms with Crippen molar-refractivity contribution in [2.24, 2.45) is 5.92 Å². The first-order valence-corrected chi connectivity index (χ1v) is 7.78. The highest BCUT2D eigenvalue weighted by Crippen LogP contribution is 2.19. The summed E-state index contributed by atoms with van der Waals surface area (Å²) < 4.78 is 18.3. The molecule has 0 aliphatic rings. The molecule has 2 rings (SSSR count). The predicted molar refractivity (Wildman–Crippen MR) is 90.1 cm³/mol. The molecule has 0 bridgehead atoms. The van der Waals surface area contributed by atoms with Gasteiger partial charge in [0.2, 0.25) is 0 Å². The number of halogens is 1. The van der Waals surface area contributed by atoms with E-state index in [1.807, 2.05) is 12.1 Å². The van der Waals surface area contributed by atoms with Crippen molar-refractivity contribution in [3.05, 3.63) is 65.0 Å².